The molecule has 0 atom stereocenters. The summed E-state index contributed by atoms with van der Waals surface area (Å²) in [4.78, 5) is 16.6. The summed E-state index contributed by atoms with van der Waals surface area (Å²) >= 11 is 12.2. The Morgan fingerprint density at radius 1 is 0.960 bits per heavy atom. The van der Waals surface area contributed by atoms with Crippen molar-refractivity contribution in [2.24, 2.45) is 0 Å². The Hall–Kier alpha value is -2.56. The Morgan fingerprint density at radius 3 is 2.48 bits per heavy atom. The van der Waals surface area contributed by atoms with Crippen LogP contribution < -0.4 is 10.6 Å². The number of anilines is 3. The normalized spacial score (nSPS) is 10.4. The zero-order valence-corrected chi connectivity index (χ0v) is 14.9. The van der Waals surface area contributed by atoms with Crippen LogP contribution in [0.2, 0.25) is 10.0 Å². The fourth-order valence-electron chi connectivity index (χ4n) is 2.29. The van der Waals surface area contributed by atoms with E-state index >= 15 is 0 Å². The molecule has 0 saturated heterocycles. The molecule has 1 heterocycles. The molecular weight excluding hydrogens is 357 g/mol. The lowest BCUT2D eigenvalue weighted by molar-refractivity contribution is 0.102. The standard InChI is InChI=1S/C19H15Cl2N3O/c1-12-15(20)6-4-8-17(12)24-19(25)13-9-14(11-22-10-13)23-18-7-3-2-5-16(18)21/h2-11,23H,1H3,(H,24,25). The number of pyridine rings is 1. The summed E-state index contributed by atoms with van der Waals surface area (Å²) in [5.41, 5.74) is 3.33. The molecule has 0 radical (unpaired) electrons. The number of benzene rings is 2. The number of rotatable bonds is 4. The van der Waals surface area contributed by atoms with Gasteiger partial charge >= 0.3 is 0 Å². The molecule has 0 fully saturated rings. The number of hydrogen-bond donors (Lipinski definition) is 2. The fraction of sp³-hybridized carbons (Fsp3) is 0.0526. The second kappa shape index (κ2) is 7.55. The van der Waals surface area contributed by atoms with E-state index in [1.807, 2.05) is 25.1 Å². The number of nitrogens with one attached hydrogen (secondary N) is 2. The van der Waals surface area contributed by atoms with Gasteiger partial charge in [-0.1, -0.05) is 41.4 Å². The van der Waals surface area contributed by atoms with Gasteiger partial charge in [0.25, 0.3) is 5.91 Å². The highest BCUT2D eigenvalue weighted by Crippen LogP contribution is 2.26. The first kappa shape index (κ1) is 17.3. The van der Waals surface area contributed by atoms with Crippen molar-refractivity contribution >= 4 is 46.2 Å². The lowest BCUT2D eigenvalue weighted by atomic mass is 10.2. The first-order valence-electron chi connectivity index (χ1n) is 7.57. The number of carbonyl (C=O) groups is 1. The van der Waals surface area contributed by atoms with Gasteiger partial charge in [0.05, 0.1) is 28.2 Å². The summed E-state index contributed by atoms with van der Waals surface area (Å²) in [5.74, 6) is -0.263. The Morgan fingerprint density at radius 2 is 1.68 bits per heavy atom. The summed E-state index contributed by atoms with van der Waals surface area (Å²) in [6.45, 7) is 1.85. The first-order chi connectivity index (χ1) is 12.0. The monoisotopic (exact) mass is 371 g/mol. The Kier molecular flexibility index (Phi) is 5.22. The van der Waals surface area contributed by atoms with Crippen LogP contribution in [-0.2, 0) is 0 Å². The van der Waals surface area contributed by atoms with Crippen LogP contribution >= 0.6 is 23.2 Å². The van der Waals surface area contributed by atoms with Crippen molar-refractivity contribution in [1.29, 1.82) is 0 Å². The maximum atomic E-state index is 12.5. The van der Waals surface area contributed by atoms with Crippen molar-refractivity contribution in [3.63, 3.8) is 0 Å². The fourth-order valence-corrected chi connectivity index (χ4v) is 2.65. The van der Waals surface area contributed by atoms with Crippen LogP contribution in [0.3, 0.4) is 0 Å². The van der Waals surface area contributed by atoms with E-state index in [9.17, 15) is 4.79 Å². The van der Waals surface area contributed by atoms with E-state index in [0.717, 1.165) is 11.3 Å². The molecule has 0 saturated carbocycles. The topological polar surface area (TPSA) is 54.0 Å². The molecule has 1 aromatic heterocycles. The van der Waals surface area contributed by atoms with Crippen molar-refractivity contribution in [1.82, 2.24) is 4.98 Å². The van der Waals surface area contributed by atoms with Gasteiger partial charge in [-0.2, -0.15) is 0 Å². The molecule has 0 aliphatic heterocycles. The minimum atomic E-state index is -0.263. The number of hydrogen-bond acceptors (Lipinski definition) is 3. The summed E-state index contributed by atoms with van der Waals surface area (Å²) in [7, 11) is 0. The zero-order valence-electron chi connectivity index (χ0n) is 13.4. The maximum absolute atomic E-state index is 12.5. The number of halogens is 2. The largest absolute Gasteiger partial charge is 0.353 e. The van der Waals surface area contributed by atoms with Crippen molar-refractivity contribution in [3.8, 4) is 0 Å². The third kappa shape index (κ3) is 4.10. The molecule has 126 valence electrons. The Labute approximate surface area is 155 Å². The molecule has 3 aromatic rings. The highest BCUT2D eigenvalue weighted by atomic mass is 35.5. The Bertz CT molecular complexity index is 928. The number of nitrogens with zero attached hydrogens (tertiary/aromatic N) is 1. The minimum Gasteiger partial charge on any atom is -0.353 e. The predicted molar refractivity (Wildman–Crippen MR) is 103 cm³/mol. The van der Waals surface area contributed by atoms with Gasteiger partial charge in [0.15, 0.2) is 0 Å². The highest BCUT2D eigenvalue weighted by Gasteiger charge is 2.11. The van der Waals surface area contributed by atoms with Crippen LogP contribution in [0.15, 0.2) is 60.9 Å². The summed E-state index contributed by atoms with van der Waals surface area (Å²) < 4.78 is 0. The second-order valence-corrected chi connectivity index (χ2v) is 6.25. The van der Waals surface area contributed by atoms with E-state index in [0.29, 0.717) is 27.0 Å². The van der Waals surface area contributed by atoms with Crippen molar-refractivity contribution in [3.05, 3.63) is 82.1 Å². The maximum Gasteiger partial charge on any atom is 0.257 e. The number of para-hydroxylation sites is 1. The Balaban J connectivity index is 1.80. The molecule has 0 bridgehead atoms. The van der Waals surface area contributed by atoms with Gasteiger partial charge in [-0.3, -0.25) is 9.78 Å². The molecular formula is C19H15Cl2N3O. The van der Waals surface area contributed by atoms with Crippen LogP contribution in [0.25, 0.3) is 0 Å². The predicted octanol–water partition coefficient (Wildman–Crippen LogP) is 5.69. The van der Waals surface area contributed by atoms with Gasteiger partial charge in [-0.25, -0.2) is 0 Å². The van der Waals surface area contributed by atoms with Crippen molar-refractivity contribution in [2.45, 2.75) is 6.92 Å². The first-order valence-corrected chi connectivity index (χ1v) is 8.33. The lowest BCUT2D eigenvalue weighted by Crippen LogP contribution is -2.13. The molecule has 2 N–H and O–H groups in total. The van der Waals surface area contributed by atoms with Gasteiger partial charge in [-0.15, -0.1) is 0 Å². The molecule has 2 aromatic carbocycles. The smallest absolute Gasteiger partial charge is 0.257 e. The molecule has 6 heteroatoms. The highest BCUT2D eigenvalue weighted by molar-refractivity contribution is 6.33. The van der Waals surface area contributed by atoms with Crippen molar-refractivity contribution in [2.75, 3.05) is 10.6 Å². The molecule has 0 unspecified atom stereocenters. The zero-order chi connectivity index (χ0) is 17.8. The van der Waals surface area contributed by atoms with E-state index in [-0.39, 0.29) is 5.91 Å². The SMILES string of the molecule is Cc1c(Cl)cccc1NC(=O)c1cncc(Nc2ccccc2Cl)c1. The van der Waals surface area contributed by atoms with Gasteiger partial charge in [0, 0.05) is 16.9 Å². The summed E-state index contributed by atoms with van der Waals surface area (Å²) in [5, 5.41) is 7.20. The van der Waals surface area contributed by atoms with Gasteiger partial charge in [-0.05, 0) is 42.8 Å². The quantitative estimate of drug-likeness (QED) is 0.618. The van der Waals surface area contributed by atoms with Crippen molar-refractivity contribution < 1.29 is 4.79 Å². The van der Waals surface area contributed by atoms with E-state index in [1.54, 1.807) is 36.5 Å². The third-order valence-electron chi connectivity index (χ3n) is 3.67. The molecule has 0 aliphatic carbocycles. The van der Waals surface area contributed by atoms with Crippen LogP contribution in [-0.4, -0.2) is 10.9 Å². The van der Waals surface area contributed by atoms with E-state index in [1.165, 1.54) is 6.20 Å². The van der Waals surface area contributed by atoms with Crippen LogP contribution in [0, 0.1) is 6.92 Å². The molecule has 25 heavy (non-hydrogen) atoms. The average Bonchev–Trinajstić information content (AvgIpc) is 2.61. The van der Waals surface area contributed by atoms with Gasteiger partial charge in [0.2, 0.25) is 0 Å². The van der Waals surface area contributed by atoms with Crippen LogP contribution in [0.4, 0.5) is 17.1 Å². The lowest BCUT2D eigenvalue weighted by Gasteiger charge is -2.11. The molecule has 1 amide bonds. The molecule has 0 aliphatic rings. The number of aromatic nitrogens is 1. The van der Waals surface area contributed by atoms with Crippen LogP contribution in [0.1, 0.15) is 15.9 Å². The number of amides is 1. The second-order valence-electron chi connectivity index (χ2n) is 5.43. The third-order valence-corrected chi connectivity index (χ3v) is 4.41. The minimum absolute atomic E-state index is 0.263. The molecule has 4 nitrogen and oxygen atoms in total. The summed E-state index contributed by atoms with van der Waals surface area (Å²) in [6.07, 6.45) is 3.14. The van der Waals surface area contributed by atoms with E-state index in [2.05, 4.69) is 15.6 Å². The average molecular weight is 372 g/mol. The molecule has 0 spiro atoms. The molecule has 3 rings (SSSR count). The van der Waals surface area contributed by atoms with Gasteiger partial charge in [0.1, 0.15) is 0 Å². The van der Waals surface area contributed by atoms with E-state index in [4.69, 9.17) is 23.2 Å². The van der Waals surface area contributed by atoms with E-state index < -0.39 is 0 Å². The number of carbonyl (C=O) groups excluding carboxylic acids is 1. The van der Waals surface area contributed by atoms with Crippen LogP contribution in [0.5, 0.6) is 0 Å². The van der Waals surface area contributed by atoms with Gasteiger partial charge < -0.3 is 10.6 Å². The summed E-state index contributed by atoms with van der Waals surface area (Å²) in [6, 6.07) is 14.5.